The number of hydrogen-bond acceptors (Lipinski definition) is 2. The molecule has 1 aromatic carbocycles. The number of anilines is 1. The summed E-state index contributed by atoms with van der Waals surface area (Å²) in [6.45, 7) is 0. The first-order valence-electron chi connectivity index (χ1n) is 2.55. The Morgan fingerprint density at radius 3 is 2.60 bits per heavy atom. The molecule has 0 radical (unpaired) electrons. The van der Waals surface area contributed by atoms with Gasteiger partial charge in [-0.3, -0.25) is 0 Å². The molecule has 3 N–H and O–H groups in total. The number of rotatable bonds is 0. The maximum absolute atomic E-state index is 12.4. The smallest absolute Gasteiger partial charge is 0.175 e. The minimum Gasteiger partial charge on any atom is -0.503 e. The quantitative estimate of drug-likeness (QED) is 0.420. The van der Waals surface area contributed by atoms with Crippen LogP contribution in [0.5, 0.6) is 5.75 Å². The van der Waals surface area contributed by atoms with Crippen molar-refractivity contribution in [1.29, 1.82) is 0 Å². The van der Waals surface area contributed by atoms with Gasteiger partial charge in [-0.2, -0.15) is 0 Å². The fourth-order valence-corrected chi connectivity index (χ4v) is 0.992. The SMILES string of the molecule is Nc1c(I)ccc(F)c1O. The average molecular weight is 253 g/mol. The van der Waals surface area contributed by atoms with E-state index in [1.165, 1.54) is 12.1 Å². The van der Waals surface area contributed by atoms with E-state index in [-0.39, 0.29) is 5.69 Å². The molecule has 2 nitrogen and oxygen atoms in total. The topological polar surface area (TPSA) is 46.2 Å². The molecule has 0 aliphatic heterocycles. The van der Waals surface area contributed by atoms with E-state index in [9.17, 15) is 4.39 Å². The zero-order valence-corrected chi connectivity index (χ0v) is 7.09. The highest BCUT2D eigenvalue weighted by molar-refractivity contribution is 14.1. The van der Waals surface area contributed by atoms with Crippen LogP contribution in [0, 0.1) is 9.39 Å². The number of benzene rings is 1. The van der Waals surface area contributed by atoms with Crippen molar-refractivity contribution in [3.8, 4) is 5.75 Å². The van der Waals surface area contributed by atoms with Gasteiger partial charge in [0.1, 0.15) is 0 Å². The van der Waals surface area contributed by atoms with Crippen LogP contribution >= 0.6 is 22.6 Å². The van der Waals surface area contributed by atoms with Crippen molar-refractivity contribution in [3.05, 3.63) is 21.5 Å². The lowest BCUT2D eigenvalue weighted by molar-refractivity contribution is 0.435. The monoisotopic (exact) mass is 253 g/mol. The third kappa shape index (κ3) is 1.16. The number of phenolic OH excluding ortho intramolecular Hbond substituents is 1. The first-order chi connectivity index (χ1) is 4.63. The summed E-state index contributed by atoms with van der Waals surface area (Å²) in [6.07, 6.45) is 0. The van der Waals surface area contributed by atoms with Crippen LogP contribution in [-0.2, 0) is 0 Å². The molecule has 0 aromatic heterocycles. The van der Waals surface area contributed by atoms with Crippen LogP contribution in [0.15, 0.2) is 12.1 Å². The van der Waals surface area contributed by atoms with Crippen molar-refractivity contribution in [2.45, 2.75) is 0 Å². The zero-order valence-electron chi connectivity index (χ0n) is 4.94. The fraction of sp³-hybridized carbons (Fsp3) is 0. The summed E-state index contributed by atoms with van der Waals surface area (Å²) in [5.41, 5.74) is 5.38. The minimum atomic E-state index is -0.682. The molecular weight excluding hydrogens is 248 g/mol. The van der Waals surface area contributed by atoms with E-state index in [4.69, 9.17) is 10.8 Å². The third-order valence-electron chi connectivity index (χ3n) is 1.11. The molecule has 0 amide bonds. The Hall–Kier alpha value is -0.520. The Balaban J connectivity index is 3.34. The molecule has 0 unspecified atom stereocenters. The van der Waals surface area contributed by atoms with Crippen LogP contribution in [0.25, 0.3) is 0 Å². The molecule has 0 aliphatic carbocycles. The van der Waals surface area contributed by atoms with Crippen molar-refractivity contribution >= 4 is 28.3 Å². The lowest BCUT2D eigenvalue weighted by atomic mass is 10.3. The van der Waals surface area contributed by atoms with Gasteiger partial charge in [-0.25, -0.2) is 4.39 Å². The van der Waals surface area contributed by atoms with E-state index in [0.717, 1.165) is 0 Å². The molecule has 0 aliphatic rings. The molecule has 0 saturated carbocycles. The number of nitrogen functional groups attached to an aromatic ring is 1. The number of aromatic hydroxyl groups is 1. The number of nitrogens with two attached hydrogens (primary N) is 1. The van der Waals surface area contributed by atoms with Crippen LogP contribution in [0.2, 0.25) is 0 Å². The summed E-state index contributed by atoms with van der Waals surface area (Å²) in [5, 5.41) is 8.88. The van der Waals surface area contributed by atoms with Gasteiger partial charge in [-0.1, -0.05) is 0 Å². The number of halogens is 2. The van der Waals surface area contributed by atoms with E-state index in [0.29, 0.717) is 3.57 Å². The van der Waals surface area contributed by atoms with Crippen molar-refractivity contribution in [1.82, 2.24) is 0 Å². The molecule has 4 heteroatoms. The molecule has 10 heavy (non-hydrogen) atoms. The molecule has 54 valence electrons. The highest BCUT2D eigenvalue weighted by Crippen LogP contribution is 2.27. The van der Waals surface area contributed by atoms with Gasteiger partial charge in [0.25, 0.3) is 0 Å². The lowest BCUT2D eigenvalue weighted by Crippen LogP contribution is -1.91. The van der Waals surface area contributed by atoms with Crippen LogP contribution in [0.4, 0.5) is 10.1 Å². The third-order valence-corrected chi connectivity index (χ3v) is 2.06. The molecular formula is C6H5FINO. The highest BCUT2D eigenvalue weighted by Gasteiger charge is 2.05. The second-order valence-corrected chi connectivity index (χ2v) is 2.95. The first-order valence-corrected chi connectivity index (χ1v) is 3.63. The highest BCUT2D eigenvalue weighted by atomic mass is 127. The van der Waals surface area contributed by atoms with E-state index in [2.05, 4.69) is 0 Å². The molecule has 1 rings (SSSR count). The van der Waals surface area contributed by atoms with Gasteiger partial charge in [-0.05, 0) is 34.7 Å². The molecule has 0 saturated heterocycles. The maximum atomic E-state index is 12.4. The zero-order chi connectivity index (χ0) is 7.72. The molecule has 1 aromatic rings. The molecule has 0 fully saturated rings. The van der Waals surface area contributed by atoms with E-state index >= 15 is 0 Å². The molecule has 0 heterocycles. The lowest BCUT2D eigenvalue weighted by Gasteiger charge is -2.00. The number of hydrogen-bond donors (Lipinski definition) is 2. The second kappa shape index (κ2) is 2.61. The van der Waals surface area contributed by atoms with Crippen LogP contribution in [0.1, 0.15) is 0 Å². The first kappa shape index (κ1) is 7.59. The molecule has 0 spiro atoms. The van der Waals surface area contributed by atoms with Crippen molar-refractivity contribution < 1.29 is 9.50 Å². The summed E-state index contributed by atoms with van der Waals surface area (Å²) in [4.78, 5) is 0. The largest absolute Gasteiger partial charge is 0.503 e. The van der Waals surface area contributed by atoms with E-state index in [1.54, 1.807) is 0 Å². The number of phenols is 1. The van der Waals surface area contributed by atoms with E-state index in [1.807, 2.05) is 22.6 Å². The van der Waals surface area contributed by atoms with Crippen LogP contribution in [0.3, 0.4) is 0 Å². The van der Waals surface area contributed by atoms with Gasteiger partial charge in [-0.15, -0.1) is 0 Å². The Morgan fingerprint density at radius 2 is 2.10 bits per heavy atom. The van der Waals surface area contributed by atoms with Gasteiger partial charge in [0.15, 0.2) is 11.6 Å². The van der Waals surface area contributed by atoms with E-state index < -0.39 is 11.6 Å². The molecule has 0 bridgehead atoms. The standard InChI is InChI=1S/C6H5FINO/c7-3-1-2-4(8)5(9)6(3)10/h1-2,10H,9H2. The minimum absolute atomic E-state index is 0.0978. The maximum Gasteiger partial charge on any atom is 0.175 e. The fourth-order valence-electron chi connectivity index (χ4n) is 0.557. The Labute approximate surface area is 71.0 Å². The Bertz CT molecular complexity index is 237. The van der Waals surface area contributed by atoms with Crippen LogP contribution in [-0.4, -0.2) is 5.11 Å². The van der Waals surface area contributed by atoms with Gasteiger partial charge in [0, 0.05) is 3.57 Å². The normalized spacial score (nSPS) is 9.80. The van der Waals surface area contributed by atoms with Gasteiger partial charge in [0.2, 0.25) is 0 Å². The average Bonchev–Trinajstić information content (AvgIpc) is 1.93. The molecule has 0 atom stereocenters. The van der Waals surface area contributed by atoms with Crippen molar-refractivity contribution in [3.63, 3.8) is 0 Å². The van der Waals surface area contributed by atoms with Crippen molar-refractivity contribution in [2.24, 2.45) is 0 Å². The summed E-state index contributed by atoms with van der Waals surface area (Å²) >= 11 is 1.91. The Kier molecular flexibility index (Phi) is 1.98. The van der Waals surface area contributed by atoms with Gasteiger partial charge >= 0.3 is 0 Å². The summed E-state index contributed by atoms with van der Waals surface area (Å²) in [6, 6.07) is 2.68. The van der Waals surface area contributed by atoms with Gasteiger partial charge in [0.05, 0.1) is 5.69 Å². The predicted molar refractivity (Wildman–Crippen MR) is 45.2 cm³/mol. The summed E-state index contributed by atoms with van der Waals surface area (Å²) < 4.78 is 13.1. The second-order valence-electron chi connectivity index (χ2n) is 1.79. The van der Waals surface area contributed by atoms with Gasteiger partial charge < -0.3 is 10.8 Å². The van der Waals surface area contributed by atoms with Crippen LogP contribution < -0.4 is 5.73 Å². The summed E-state index contributed by atoms with van der Waals surface area (Å²) in [5.74, 6) is -1.15. The summed E-state index contributed by atoms with van der Waals surface area (Å²) in [7, 11) is 0. The van der Waals surface area contributed by atoms with Crippen molar-refractivity contribution in [2.75, 3.05) is 5.73 Å². The predicted octanol–water partition coefficient (Wildman–Crippen LogP) is 1.72. The Morgan fingerprint density at radius 1 is 1.50 bits per heavy atom.